The molecule has 1 aromatic rings. The molecule has 0 atom stereocenters. The molecule has 0 amide bonds. The SMILES string of the molecule is Cc1oc(C2(C)CCCC2)nc1C(=O)O. The van der Waals surface area contributed by atoms with Crippen molar-refractivity contribution in [2.24, 2.45) is 0 Å². The highest BCUT2D eigenvalue weighted by Crippen LogP contribution is 2.40. The number of aromatic nitrogens is 1. The zero-order chi connectivity index (χ0) is 11.1. The highest BCUT2D eigenvalue weighted by atomic mass is 16.4. The topological polar surface area (TPSA) is 63.3 Å². The zero-order valence-electron chi connectivity index (χ0n) is 9.04. The first kappa shape index (κ1) is 10.2. The van der Waals surface area contributed by atoms with E-state index in [4.69, 9.17) is 9.52 Å². The Bertz CT molecular complexity index is 389. The molecule has 1 N–H and O–H groups in total. The second kappa shape index (κ2) is 3.36. The van der Waals surface area contributed by atoms with Crippen LogP contribution in [0.2, 0.25) is 0 Å². The van der Waals surface area contributed by atoms with Gasteiger partial charge in [0.05, 0.1) is 0 Å². The Morgan fingerprint density at radius 1 is 1.47 bits per heavy atom. The van der Waals surface area contributed by atoms with Gasteiger partial charge in [0, 0.05) is 5.41 Å². The molecule has 0 spiro atoms. The molecule has 0 aliphatic heterocycles. The maximum atomic E-state index is 10.8. The summed E-state index contributed by atoms with van der Waals surface area (Å²) in [4.78, 5) is 14.9. The van der Waals surface area contributed by atoms with Crippen LogP contribution < -0.4 is 0 Å². The summed E-state index contributed by atoms with van der Waals surface area (Å²) in [6.07, 6.45) is 4.40. The number of carboxylic acids is 1. The molecular formula is C11H15NO3. The third kappa shape index (κ3) is 1.64. The van der Waals surface area contributed by atoms with Gasteiger partial charge in [-0.1, -0.05) is 19.8 Å². The van der Waals surface area contributed by atoms with E-state index in [0.717, 1.165) is 12.8 Å². The molecule has 82 valence electrons. The Morgan fingerprint density at radius 2 is 2.07 bits per heavy atom. The van der Waals surface area contributed by atoms with Crippen LogP contribution in [0.15, 0.2) is 4.42 Å². The van der Waals surface area contributed by atoms with Crippen molar-refractivity contribution in [1.29, 1.82) is 0 Å². The van der Waals surface area contributed by atoms with Crippen LogP contribution in [-0.2, 0) is 5.41 Å². The predicted molar refractivity (Wildman–Crippen MR) is 54.0 cm³/mol. The predicted octanol–water partition coefficient (Wildman–Crippen LogP) is 2.51. The van der Waals surface area contributed by atoms with Gasteiger partial charge in [-0.3, -0.25) is 0 Å². The van der Waals surface area contributed by atoms with Crippen molar-refractivity contribution >= 4 is 5.97 Å². The number of carboxylic acid groups (broad SMARTS) is 1. The van der Waals surface area contributed by atoms with Crippen molar-refractivity contribution in [2.45, 2.75) is 44.9 Å². The van der Waals surface area contributed by atoms with Gasteiger partial charge >= 0.3 is 5.97 Å². The van der Waals surface area contributed by atoms with Crippen molar-refractivity contribution in [3.63, 3.8) is 0 Å². The van der Waals surface area contributed by atoms with E-state index >= 15 is 0 Å². The van der Waals surface area contributed by atoms with Crippen molar-refractivity contribution < 1.29 is 14.3 Å². The minimum atomic E-state index is -1.01. The van der Waals surface area contributed by atoms with Crippen LogP contribution in [-0.4, -0.2) is 16.1 Å². The molecule has 0 aromatic carbocycles. The zero-order valence-corrected chi connectivity index (χ0v) is 9.04. The number of nitrogens with zero attached hydrogens (tertiary/aromatic N) is 1. The van der Waals surface area contributed by atoms with Crippen LogP contribution in [0.1, 0.15) is 54.7 Å². The average Bonchev–Trinajstić information content (AvgIpc) is 2.72. The summed E-state index contributed by atoms with van der Waals surface area (Å²) in [5.74, 6) is -0.00961. The van der Waals surface area contributed by atoms with E-state index in [1.807, 2.05) is 0 Å². The quantitative estimate of drug-likeness (QED) is 0.812. The summed E-state index contributed by atoms with van der Waals surface area (Å²) in [7, 11) is 0. The van der Waals surface area contributed by atoms with Crippen LogP contribution in [0, 0.1) is 6.92 Å². The summed E-state index contributed by atoms with van der Waals surface area (Å²) < 4.78 is 5.47. The van der Waals surface area contributed by atoms with Gasteiger partial charge in [-0.15, -0.1) is 0 Å². The second-order valence-corrected chi connectivity index (χ2v) is 4.50. The molecule has 4 heteroatoms. The normalized spacial score (nSPS) is 19.3. The van der Waals surface area contributed by atoms with Gasteiger partial charge in [-0.05, 0) is 19.8 Å². The van der Waals surface area contributed by atoms with Crippen LogP contribution in [0.4, 0.5) is 0 Å². The summed E-state index contributed by atoms with van der Waals surface area (Å²) in [6, 6.07) is 0. The van der Waals surface area contributed by atoms with Gasteiger partial charge < -0.3 is 9.52 Å². The number of oxazole rings is 1. The standard InChI is InChI=1S/C11H15NO3/c1-7-8(9(13)14)12-10(15-7)11(2)5-3-4-6-11/h3-6H2,1-2H3,(H,13,14). The lowest BCUT2D eigenvalue weighted by Gasteiger charge is -2.18. The average molecular weight is 209 g/mol. The monoisotopic (exact) mass is 209 g/mol. The van der Waals surface area contributed by atoms with Crippen molar-refractivity contribution in [1.82, 2.24) is 4.98 Å². The summed E-state index contributed by atoms with van der Waals surface area (Å²) >= 11 is 0. The molecule has 1 saturated carbocycles. The maximum Gasteiger partial charge on any atom is 0.358 e. The molecule has 2 rings (SSSR count). The Labute approximate surface area is 88.3 Å². The Hall–Kier alpha value is -1.32. The van der Waals surface area contributed by atoms with E-state index < -0.39 is 5.97 Å². The molecule has 0 unspecified atom stereocenters. The maximum absolute atomic E-state index is 10.8. The second-order valence-electron chi connectivity index (χ2n) is 4.50. The van der Waals surface area contributed by atoms with Gasteiger partial charge in [0.1, 0.15) is 5.76 Å². The Balaban J connectivity index is 2.37. The van der Waals surface area contributed by atoms with E-state index in [2.05, 4.69) is 11.9 Å². The van der Waals surface area contributed by atoms with Crippen LogP contribution in [0.25, 0.3) is 0 Å². The Kier molecular flexibility index (Phi) is 2.29. The lowest BCUT2D eigenvalue weighted by Crippen LogP contribution is -2.17. The lowest BCUT2D eigenvalue weighted by molar-refractivity contribution is 0.0689. The fourth-order valence-electron chi connectivity index (χ4n) is 2.22. The number of aryl methyl sites for hydroxylation is 1. The fourth-order valence-corrected chi connectivity index (χ4v) is 2.22. The van der Waals surface area contributed by atoms with Gasteiger partial charge in [0.25, 0.3) is 0 Å². The van der Waals surface area contributed by atoms with Gasteiger partial charge in [-0.2, -0.15) is 0 Å². The molecule has 0 saturated heterocycles. The third-order valence-electron chi connectivity index (χ3n) is 3.22. The first-order valence-corrected chi connectivity index (χ1v) is 5.24. The lowest BCUT2D eigenvalue weighted by atomic mass is 9.89. The number of hydrogen-bond donors (Lipinski definition) is 1. The number of aromatic carboxylic acids is 1. The van der Waals surface area contributed by atoms with E-state index in [-0.39, 0.29) is 11.1 Å². The van der Waals surface area contributed by atoms with Crippen molar-refractivity contribution in [2.75, 3.05) is 0 Å². The molecule has 1 aliphatic carbocycles. The molecule has 1 heterocycles. The Morgan fingerprint density at radius 3 is 2.53 bits per heavy atom. The number of rotatable bonds is 2. The van der Waals surface area contributed by atoms with Gasteiger partial charge in [-0.25, -0.2) is 9.78 Å². The van der Waals surface area contributed by atoms with E-state index in [1.54, 1.807) is 6.92 Å². The largest absolute Gasteiger partial charge is 0.476 e. The molecule has 15 heavy (non-hydrogen) atoms. The van der Waals surface area contributed by atoms with E-state index in [1.165, 1.54) is 12.8 Å². The summed E-state index contributed by atoms with van der Waals surface area (Å²) in [6.45, 7) is 3.75. The molecule has 4 nitrogen and oxygen atoms in total. The minimum absolute atomic E-state index is 0.0538. The molecule has 0 bridgehead atoms. The van der Waals surface area contributed by atoms with Gasteiger partial charge in [0.15, 0.2) is 5.69 Å². The van der Waals surface area contributed by atoms with Crippen LogP contribution >= 0.6 is 0 Å². The highest BCUT2D eigenvalue weighted by Gasteiger charge is 2.36. The first-order chi connectivity index (χ1) is 7.03. The molecule has 1 aliphatic rings. The van der Waals surface area contributed by atoms with Crippen molar-refractivity contribution in [3.05, 3.63) is 17.3 Å². The van der Waals surface area contributed by atoms with Crippen molar-refractivity contribution in [3.8, 4) is 0 Å². The van der Waals surface area contributed by atoms with E-state index in [0.29, 0.717) is 11.7 Å². The minimum Gasteiger partial charge on any atom is -0.476 e. The van der Waals surface area contributed by atoms with E-state index in [9.17, 15) is 4.79 Å². The molecule has 1 aromatic heterocycles. The molecule has 0 radical (unpaired) electrons. The molecular weight excluding hydrogens is 194 g/mol. The molecule has 1 fully saturated rings. The van der Waals surface area contributed by atoms with Crippen LogP contribution in [0.3, 0.4) is 0 Å². The van der Waals surface area contributed by atoms with Crippen LogP contribution in [0.5, 0.6) is 0 Å². The fraction of sp³-hybridized carbons (Fsp3) is 0.636. The van der Waals surface area contributed by atoms with Gasteiger partial charge in [0.2, 0.25) is 5.89 Å². The number of carbonyl (C=O) groups is 1. The summed E-state index contributed by atoms with van der Waals surface area (Å²) in [5.41, 5.74) is -0.00326. The first-order valence-electron chi connectivity index (χ1n) is 5.24. The summed E-state index contributed by atoms with van der Waals surface area (Å²) in [5, 5.41) is 8.88. The number of hydrogen-bond acceptors (Lipinski definition) is 3. The highest BCUT2D eigenvalue weighted by molar-refractivity contribution is 5.86. The third-order valence-corrected chi connectivity index (χ3v) is 3.22. The smallest absolute Gasteiger partial charge is 0.358 e.